The van der Waals surface area contributed by atoms with E-state index in [4.69, 9.17) is 0 Å². The zero-order chi connectivity index (χ0) is 18.8. The molecule has 1 aliphatic carbocycles. The van der Waals surface area contributed by atoms with Crippen molar-refractivity contribution >= 4 is 17.5 Å². The number of carboxylic acids is 1. The van der Waals surface area contributed by atoms with Crippen molar-refractivity contribution in [3.63, 3.8) is 0 Å². The topological polar surface area (TPSA) is 56.7 Å². The highest BCUT2D eigenvalue weighted by atomic mass is 16.4. The number of anilines is 2. The van der Waals surface area contributed by atoms with Gasteiger partial charge in [-0.1, -0.05) is 37.1 Å². The van der Waals surface area contributed by atoms with Crippen molar-refractivity contribution in [1.82, 2.24) is 9.88 Å². The summed E-state index contributed by atoms with van der Waals surface area (Å²) in [6.45, 7) is 0.667. The second-order valence-electron chi connectivity index (χ2n) is 7.79. The van der Waals surface area contributed by atoms with E-state index in [1.807, 2.05) is 37.5 Å². The fraction of sp³-hybridized carbons (Fsp3) is 0.455. The molecule has 0 bridgehead atoms. The second-order valence-corrected chi connectivity index (χ2v) is 7.79. The van der Waals surface area contributed by atoms with Gasteiger partial charge in [0, 0.05) is 31.5 Å². The summed E-state index contributed by atoms with van der Waals surface area (Å²) in [5.74, 6) is 0.741. The Balaban J connectivity index is 1.49. The summed E-state index contributed by atoms with van der Waals surface area (Å²) in [4.78, 5) is 20.7. The van der Waals surface area contributed by atoms with E-state index >= 15 is 0 Å². The van der Waals surface area contributed by atoms with Crippen LogP contribution in [0.1, 0.15) is 37.7 Å². The molecule has 27 heavy (non-hydrogen) atoms. The van der Waals surface area contributed by atoms with Crippen LogP contribution in [0.15, 0.2) is 48.7 Å². The Bertz CT molecular complexity index is 778. The van der Waals surface area contributed by atoms with Crippen molar-refractivity contribution < 1.29 is 9.90 Å². The number of carboxylic acid groups (broad SMARTS) is 1. The van der Waals surface area contributed by atoms with E-state index in [-0.39, 0.29) is 6.04 Å². The van der Waals surface area contributed by atoms with E-state index in [1.165, 1.54) is 19.3 Å². The summed E-state index contributed by atoms with van der Waals surface area (Å²) in [7, 11) is 2.00. The molecular weight excluding hydrogens is 338 g/mol. The molecule has 1 N–H and O–H groups in total. The maximum atomic E-state index is 11.8. The molecule has 1 saturated carbocycles. The van der Waals surface area contributed by atoms with Gasteiger partial charge in [-0.05, 0) is 48.9 Å². The Morgan fingerprint density at radius 2 is 1.96 bits per heavy atom. The molecule has 2 heterocycles. The minimum absolute atomic E-state index is 0.357. The fourth-order valence-corrected chi connectivity index (χ4v) is 4.73. The van der Waals surface area contributed by atoms with E-state index < -0.39 is 5.97 Å². The minimum atomic E-state index is -0.683. The summed E-state index contributed by atoms with van der Waals surface area (Å²) in [5.41, 5.74) is 2.17. The third kappa shape index (κ3) is 3.69. The minimum Gasteiger partial charge on any atom is -0.480 e. The lowest BCUT2D eigenvalue weighted by Gasteiger charge is -2.33. The van der Waals surface area contributed by atoms with Gasteiger partial charge in [-0.25, -0.2) is 4.98 Å². The number of benzene rings is 1. The van der Waals surface area contributed by atoms with Gasteiger partial charge < -0.3 is 10.0 Å². The zero-order valence-corrected chi connectivity index (χ0v) is 15.8. The summed E-state index contributed by atoms with van der Waals surface area (Å²) in [6.07, 6.45) is 7.43. The number of rotatable bonds is 5. The van der Waals surface area contributed by atoms with Gasteiger partial charge in [0.25, 0.3) is 0 Å². The molecule has 5 nitrogen and oxygen atoms in total. The third-order valence-electron chi connectivity index (χ3n) is 6.17. The van der Waals surface area contributed by atoms with Crippen LogP contribution in [0.3, 0.4) is 0 Å². The molecular formula is C22H27N3O2. The van der Waals surface area contributed by atoms with Crippen molar-refractivity contribution in [3.8, 4) is 0 Å². The summed E-state index contributed by atoms with van der Waals surface area (Å²) >= 11 is 0. The lowest BCUT2D eigenvalue weighted by molar-refractivity contribution is -0.142. The Morgan fingerprint density at radius 3 is 2.67 bits per heavy atom. The molecule has 1 aliphatic heterocycles. The molecule has 5 heteroatoms. The first-order chi connectivity index (χ1) is 13.1. The molecule has 1 saturated heterocycles. The van der Waals surface area contributed by atoms with Crippen molar-refractivity contribution in [1.29, 1.82) is 0 Å². The van der Waals surface area contributed by atoms with Gasteiger partial charge in [-0.15, -0.1) is 0 Å². The number of aliphatic carboxylic acids is 1. The molecule has 4 rings (SSSR count). The number of pyridine rings is 1. The molecule has 0 spiro atoms. The molecule has 3 atom stereocenters. The zero-order valence-electron chi connectivity index (χ0n) is 15.8. The maximum Gasteiger partial charge on any atom is 0.320 e. The first kappa shape index (κ1) is 18.0. The average molecular weight is 365 g/mol. The monoisotopic (exact) mass is 365 g/mol. The van der Waals surface area contributed by atoms with E-state index in [9.17, 15) is 9.90 Å². The number of fused-ring (bicyclic) bond motifs is 1. The number of aromatic nitrogens is 1. The molecule has 1 aromatic carbocycles. The van der Waals surface area contributed by atoms with Crippen LogP contribution in [-0.4, -0.2) is 40.1 Å². The fourth-order valence-electron chi connectivity index (χ4n) is 4.73. The summed E-state index contributed by atoms with van der Waals surface area (Å²) in [6, 6.07) is 14.3. The van der Waals surface area contributed by atoms with Gasteiger partial charge in [-0.2, -0.15) is 0 Å². The summed E-state index contributed by atoms with van der Waals surface area (Å²) < 4.78 is 0. The van der Waals surface area contributed by atoms with Crippen molar-refractivity contribution in [2.24, 2.45) is 5.92 Å². The number of hydrogen-bond donors (Lipinski definition) is 1. The Morgan fingerprint density at radius 1 is 1.19 bits per heavy atom. The number of carbonyl (C=O) groups is 1. The quantitative estimate of drug-likeness (QED) is 0.866. The molecule has 142 valence electrons. The number of hydrogen-bond acceptors (Lipinski definition) is 4. The maximum absolute atomic E-state index is 11.8. The van der Waals surface area contributed by atoms with Gasteiger partial charge in [0.2, 0.25) is 0 Å². The van der Waals surface area contributed by atoms with Crippen LogP contribution in [0.25, 0.3) is 0 Å². The van der Waals surface area contributed by atoms with Gasteiger partial charge in [0.15, 0.2) is 0 Å². The lowest BCUT2D eigenvalue weighted by atomic mass is 9.84. The van der Waals surface area contributed by atoms with Crippen LogP contribution in [0.4, 0.5) is 11.5 Å². The van der Waals surface area contributed by atoms with Crippen LogP contribution in [0.5, 0.6) is 0 Å². The molecule has 2 fully saturated rings. The van der Waals surface area contributed by atoms with Crippen LogP contribution < -0.4 is 4.90 Å². The number of likely N-dealkylation sites (tertiary alicyclic amines) is 1. The highest BCUT2D eigenvalue weighted by Crippen LogP contribution is 2.40. The van der Waals surface area contributed by atoms with E-state index in [1.54, 1.807) is 0 Å². The largest absolute Gasteiger partial charge is 0.480 e. The highest BCUT2D eigenvalue weighted by molar-refractivity contribution is 5.74. The SMILES string of the molecule is CN(c1ccccc1)c1ccc(CN2C(C(=O)O)CC3CCCCC32)cn1. The first-order valence-corrected chi connectivity index (χ1v) is 9.86. The van der Waals surface area contributed by atoms with Crippen molar-refractivity contribution in [3.05, 3.63) is 54.2 Å². The smallest absolute Gasteiger partial charge is 0.320 e. The molecule has 2 aromatic rings. The Hall–Kier alpha value is -2.40. The first-order valence-electron chi connectivity index (χ1n) is 9.86. The third-order valence-corrected chi connectivity index (χ3v) is 6.17. The van der Waals surface area contributed by atoms with Crippen LogP contribution >= 0.6 is 0 Å². The lowest BCUT2D eigenvalue weighted by Crippen LogP contribution is -2.41. The van der Waals surface area contributed by atoms with Crippen LogP contribution in [0.2, 0.25) is 0 Å². The average Bonchev–Trinajstić information content (AvgIpc) is 3.08. The predicted molar refractivity (Wildman–Crippen MR) is 106 cm³/mol. The van der Waals surface area contributed by atoms with Crippen LogP contribution in [0, 0.1) is 5.92 Å². The van der Waals surface area contributed by atoms with Gasteiger partial charge in [0.1, 0.15) is 11.9 Å². The molecule has 1 aromatic heterocycles. The molecule has 2 aliphatic rings. The number of nitrogens with zero attached hydrogens (tertiary/aromatic N) is 3. The standard InChI is InChI=1S/C22H27N3O2/c1-24(18-8-3-2-4-9-18)21-12-11-16(14-23-21)15-25-19-10-6-5-7-17(19)13-20(25)22(26)27/h2-4,8-9,11-12,14,17,19-20H,5-7,10,13,15H2,1H3,(H,26,27). The normalized spacial score (nSPS) is 25.1. The molecule has 0 radical (unpaired) electrons. The van der Waals surface area contributed by atoms with Crippen LogP contribution in [-0.2, 0) is 11.3 Å². The highest BCUT2D eigenvalue weighted by Gasteiger charge is 2.44. The summed E-state index contributed by atoms with van der Waals surface area (Å²) in [5, 5.41) is 9.69. The molecule has 0 amide bonds. The number of para-hydroxylation sites is 1. The second kappa shape index (κ2) is 7.69. The Kier molecular flexibility index (Phi) is 5.12. The predicted octanol–water partition coefficient (Wildman–Crippen LogP) is 4.07. The molecule has 3 unspecified atom stereocenters. The van der Waals surface area contributed by atoms with E-state index in [2.05, 4.69) is 33.0 Å². The van der Waals surface area contributed by atoms with Crippen molar-refractivity contribution in [2.45, 2.75) is 50.7 Å². The van der Waals surface area contributed by atoms with Gasteiger partial charge in [0.05, 0.1) is 0 Å². The van der Waals surface area contributed by atoms with E-state index in [0.717, 1.165) is 29.9 Å². The Labute approximate surface area is 160 Å². The van der Waals surface area contributed by atoms with Gasteiger partial charge >= 0.3 is 5.97 Å². The van der Waals surface area contributed by atoms with Crippen molar-refractivity contribution in [2.75, 3.05) is 11.9 Å². The van der Waals surface area contributed by atoms with Gasteiger partial charge in [-0.3, -0.25) is 9.69 Å². The van der Waals surface area contributed by atoms with E-state index in [0.29, 0.717) is 18.5 Å².